The summed E-state index contributed by atoms with van der Waals surface area (Å²) in [5.74, 6) is 0.452. The third-order valence-corrected chi connectivity index (χ3v) is 6.26. The van der Waals surface area contributed by atoms with Crippen molar-refractivity contribution < 1.29 is 9.59 Å². The van der Waals surface area contributed by atoms with Gasteiger partial charge in [-0.25, -0.2) is 4.98 Å². The average Bonchev–Trinajstić information content (AvgIpc) is 3.22. The van der Waals surface area contributed by atoms with E-state index < -0.39 is 0 Å². The number of piperidine rings is 1. The molecule has 1 aromatic heterocycles. The lowest BCUT2D eigenvalue weighted by Gasteiger charge is -2.32. The van der Waals surface area contributed by atoms with Crippen molar-refractivity contribution in [2.75, 3.05) is 28.6 Å². The SMILES string of the molecule is CC1CCN(c2ccc(NC(=O)Cc3csc(NC(=O)c4ccccc4)n3)cc2)CC1. The molecule has 0 unspecified atom stereocenters. The number of hydrogen-bond donors (Lipinski definition) is 2. The minimum atomic E-state index is -0.214. The van der Waals surface area contributed by atoms with E-state index in [1.807, 2.05) is 30.3 Å². The van der Waals surface area contributed by atoms with Gasteiger partial charge < -0.3 is 10.2 Å². The minimum Gasteiger partial charge on any atom is -0.372 e. The van der Waals surface area contributed by atoms with Crippen LogP contribution in [0.5, 0.6) is 0 Å². The summed E-state index contributed by atoms with van der Waals surface area (Å²) in [5, 5.41) is 7.97. The predicted octanol–water partition coefficient (Wildman–Crippen LogP) is 4.81. The molecule has 0 aliphatic carbocycles. The molecule has 0 saturated carbocycles. The molecular formula is C24H26N4O2S. The maximum absolute atomic E-state index is 12.4. The highest BCUT2D eigenvalue weighted by molar-refractivity contribution is 7.14. The summed E-state index contributed by atoms with van der Waals surface area (Å²) in [6.07, 6.45) is 2.60. The first kappa shape index (κ1) is 21.1. The molecule has 3 aromatic rings. The van der Waals surface area contributed by atoms with E-state index in [0.717, 1.165) is 24.7 Å². The second-order valence-electron chi connectivity index (χ2n) is 7.91. The fraction of sp³-hybridized carbons (Fsp3) is 0.292. The van der Waals surface area contributed by atoms with Crippen molar-refractivity contribution in [2.24, 2.45) is 5.92 Å². The standard InChI is InChI=1S/C24H26N4O2S/c1-17-11-13-28(14-12-17)21-9-7-19(8-10-21)25-22(29)15-20-16-31-24(26-20)27-23(30)18-5-3-2-4-6-18/h2-10,16-17H,11-15H2,1H3,(H,25,29)(H,26,27,30). The third kappa shape index (κ3) is 5.70. The van der Waals surface area contributed by atoms with Gasteiger partial charge in [0.15, 0.2) is 5.13 Å². The van der Waals surface area contributed by atoms with E-state index in [1.165, 1.54) is 29.9 Å². The Kier molecular flexibility index (Phi) is 6.62. The van der Waals surface area contributed by atoms with Crippen LogP contribution in [0.25, 0.3) is 0 Å². The number of nitrogens with one attached hydrogen (secondary N) is 2. The molecule has 2 aromatic carbocycles. The van der Waals surface area contributed by atoms with Crippen molar-refractivity contribution in [2.45, 2.75) is 26.2 Å². The van der Waals surface area contributed by atoms with Crippen molar-refractivity contribution in [3.8, 4) is 0 Å². The van der Waals surface area contributed by atoms with E-state index in [2.05, 4.69) is 39.6 Å². The number of carbonyl (C=O) groups is 2. The number of nitrogens with zero attached hydrogens (tertiary/aromatic N) is 2. The average molecular weight is 435 g/mol. The summed E-state index contributed by atoms with van der Waals surface area (Å²) in [4.78, 5) is 31.4. The van der Waals surface area contributed by atoms with Crippen LogP contribution in [0.15, 0.2) is 60.0 Å². The smallest absolute Gasteiger partial charge is 0.257 e. The Hall–Kier alpha value is -3.19. The van der Waals surface area contributed by atoms with Gasteiger partial charge in [-0.1, -0.05) is 25.1 Å². The van der Waals surface area contributed by atoms with Crippen molar-refractivity contribution >= 4 is 39.7 Å². The number of carbonyl (C=O) groups excluding carboxylic acids is 2. The molecule has 1 aliphatic rings. The normalized spacial score (nSPS) is 14.3. The van der Waals surface area contributed by atoms with Gasteiger partial charge in [-0.15, -0.1) is 11.3 Å². The van der Waals surface area contributed by atoms with Crippen molar-refractivity contribution in [1.82, 2.24) is 4.98 Å². The van der Waals surface area contributed by atoms with Crippen LogP contribution in [-0.4, -0.2) is 29.9 Å². The number of hydrogen-bond acceptors (Lipinski definition) is 5. The molecule has 4 rings (SSSR count). The third-order valence-electron chi connectivity index (χ3n) is 5.45. The predicted molar refractivity (Wildman–Crippen MR) is 126 cm³/mol. The quantitative estimate of drug-likeness (QED) is 0.584. The monoisotopic (exact) mass is 434 g/mol. The maximum atomic E-state index is 12.4. The molecule has 0 atom stereocenters. The van der Waals surface area contributed by atoms with Gasteiger partial charge in [0.1, 0.15) is 0 Å². The molecule has 1 aliphatic heterocycles. The maximum Gasteiger partial charge on any atom is 0.257 e. The molecular weight excluding hydrogens is 408 g/mol. The van der Waals surface area contributed by atoms with Gasteiger partial charge in [-0.05, 0) is 55.2 Å². The molecule has 2 heterocycles. The summed E-state index contributed by atoms with van der Waals surface area (Å²) in [5.41, 5.74) is 3.17. The summed E-state index contributed by atoms with van der Waals surface area (Å²) >= 11 is 1.31. The molecule has 160 valence electrons. The molecule has 0 spiro atoms. The topological polar surface area (TPSA) is 74.3 Å². The summed E-state index contributed by atoms with van der Waals surface area (Å²) in [6.45, 7) is 4.47. The van der Waals surface area contributed by atoms with Gasteiger partial charge in [0, 0.05) is 35.4 Å². The van der Waals surface area contributed by atoms with E-state index in [0.29, 0.717) is 16.4 Å². The zero-order valence-corrected chi connectivity index (χ0v) is 18.3. The number of amides is 2. The summed E-state index contributed by atoms with van der Waals surface area (Å²) in [6, 6.07) is 17.0. The van der Waals surface area contributed by atoms with Crippen LogP contribution in [0.3, 0.4) is 0 Å². The minimum absolute atomic E-state index is 0.134. The van der Waals surface area contributed by atoms with Gasteiger partial charge in [-0.2, -0.15) is 0 Å². The van der Waals surface area contributed by atoms with Crippen molar-refractivity contribution in [3.63, 3.8) is 0 Å². The molecule has 2 N–H and O–H groups in total. The van der Waals surface area contributed by atoms with Gasteiger partial charge >= 0.3 is 0 Å². The number of benzene rings is 2. The van der Waals surface area contributed by atoms with Crippen LogP contribution in [-0.2, 0) is 11.2 Å². The number of thiazole rings is 1. The lowest BCUT2D eigenvalue weighted by atomic mass is 9.99. The van der Waals surface area contributed by atoms with Crippen LogP contribution in [0.4, 0.5) is 16.5 Å². The fourth-order valence-corrected chi connectivity index (χ4v) is 4.30. The molecule has 1 saturated heterocycles. The zero-order valence-electron chi connectivity index (χ0n) is 17.5. The van der Waals surface area contributed by atoms with Crippen LogP contribution >= 0.6 is 11.3 Å². The molecule has 31 heavy (non-hydrogen) atoms. The Morgan fingerprint density at radius 1 is 1.03 bits per heavy atom. The number of rotatable bonds is 6. The van der Waals surface area contributed by atoms with Crippen molar-refractivity contribution in [1.29, 1.82) is 0 Å². The van der Waals surface area contributed by atoms with E-state index >= 15 is 0 Å². The Balaban J connectivity index is 1.28. The fourth-order valence-electron chi connectivity index (χ4n) is 3.60. The number of anilines is 3. The molecule has 6 nitrogen and oxygen atoms in total. The molecule has 1 fully saturated rings. The lowest BCUT2D eigenvalue weighted by molar-refractivity contribution is -0.115. The van der Waals surface area contributed by atoms with Gasteiger partial charge in [0.05, 0.1) is 12.1 Å². The molecule has 2 amide bonds. The highest BCUT2D eigenvalue weighted by Gasteiger charge is 2.16. The van der Waals surface area contributed by atoms with E-state index in [4.69, 9.17) is 0 Å². The Labute approximate surface area is 186 Å². The highest BCUT2D eigenvalue weighted by Crippen LogP contribution is 2.24. The largest absolute Gasteiger partial charge is 0.372 e. The Morgan fingerprint density at radius 2 is 1.74 bits per heavy atom. The summed E-state index contributed by atoms with van der Waals surface area (Å²) in [7, 11) is 0. The van der Waals surface area contributed by atoms with E-state index in [-0.39, 0.29) is 18.2 Å². The first-order chi connectivity index (χ1) is 15.1. The van der Waals surface area contributed by atoms with Gasteiger partial charge in [0.25, 0.3) is 5.91 Å². The second kappa shape index (κ2) is 9.75. The second-order valence-corrected chi connectivity index (χ2v) is 8.76. The summed E-state index contributed by atoms with van der Waals surface area (Å²) < 4.78 is 0. The Morgan fingerprint density at radius 3 is 2.45 bits per heavy atom. The first-order valence-corrected chi connectivity index (χ1v) is 11.4. The first-order valence-electron chi connectivity index (χ1n) is 10.5. The molecule has 7 heteroatoms. The van der Waals surface area contributed by atoms with Gasteiger partial charge in [-0.3, -0.25) is 14.9 Å². The van der Waals surface area contributed by atoms with Gasteiger partial charge in [0.2, 0.25) is 5.91 Å². The Bertz CT molecular complexity index is 1030. The van der Waals surface area contributed by atoms with Crippen LogP contribution < -0.4 is 15.5 Å². The van der Waals surface area contributed by atoms with Crippen molar-refractivity contribution in [3.05, 3.63) is 71.2 Å². The van der Waals surface area contributed by atoms with Crippen LogP contribution in [0, 0.1) is 5.92 Å². The zero-order chi connectivity index (χ0) is 21.6. The van der Waals surface area contributed by atoms with Crippen LogP contribution in [0.1, 0.15) is 35.8 Å². The molecule has 0 radical (unpaired) electrons. The van der Waals surface area contributed by atoms with E-state index in [1.54, 1.807) is 17.5 Å². The van der Waals surface area contributed by atoms with E-state index in [9.17, 15) is 9.59 Å². The molecule has 0 bridgehead atoms. The lowest BCUT2D eigenvalue weighted by Crippen LogP contribution is -2.32. The number of aromatic nitrogens is 1. The highest BCUT2D eigenvalue weighted by atomic mass is 32.1. The van der Waals surface area contributed by atoms with Crippen LogP contribution in [0.2, 0.25) is 0 Å².